The van der Waals surface area contributed by atoms with Crippen molar-refractivity contribution < 1.29 is 0 Å². The van der Waals surface area contributed by atoms with Crippen LogP contribution in [0, 0.1) is 5.92 Å². The summed E-state index contributed by atoms with van der Waals surface area (Å²) in [5.74, 6) is 1.65. The molecule has 6 heteroatoms. The van der Waals surface area contributed by atoms with Crippen molar-refractivity contribution in [2.45, 2.75) is 45.6 Å². The monoisotopic (exact) mass is 499 g/mol. The molecule has 0 radical (unpaired) electrons. The Balaban J connectivity index is 0.00000280. The molecular weight excluding hydrogens is 461 g/mol. The number of anilines is 1. The standard InChI is InChI=1S/C22H37N5.HI/c1-3-13-26-14-11-20(12-15-26)25-22(23-4-2)24-17-19-10-16-27(18-19)21-8-6-5-7-9-21;/h5-9,19-20H,3-4,10-18H2,1-2H3,(H2,23,24,25);1H. The van der Waals surface area contributed by atoms with Gasteiger partial charge >= 0.3 is 0 Å². The van der Waals surface area contributed by atoms with Gasteiger partial charge in [-0.3, -0.25) is 4.99 Å². The lowest BCUT2D eigenvalue weighted by atomic mass is 10.1. The molecule has 3 rings (SSSR count). The summed E-state index contributed by atoms with van der Waals surface area (Å²) in [5, 5.41) is 7.13. The van der Waals surface area contributed by atoms with E-state index in [0.29, 0.717) is 12.0 Å². The van der Waals surface area contributed by atoms with Crippen LogP contribution in [0.3, 0.4) is 0 Å². The highest BCUT2D eigenvalue weighted by molar-refractivity contribution is 14.0. The lowest BCUT2D eigenvalue weighted by Gasteiger charge is -2.32. The lowest BCUT2D eigenvalue weighted by molar-refractivity contribution is 0.206. The summed E-state index contributed by atoms with van der Waals surface area (Å²) in [4.78, 5) is 10.00. The number of hydrogen-bond acceptors (Lipinski definition) is 3. The predicted molar refractivity (Wildman–Crippen MR) is 131 cm³/mol. The van der Waals surface area contributed by atoms with E-state index in [9.17, 15) is 0 Å². The molecule has 2 aliphatic rings. The molecule has 28 heavy (non-hydrogen) atoms. The zero-order valence-corrected chi connectivity index (χ0v) is 19.9. The number of rotatable bonds is 7. The number of nitrogens with zero attached hydrogens (tertiary/aromatic N) is 3. The maximum Gasteiger partial charge on any atom is 0.191 e. The molecule has 0 amide bonds. The molecule has 2 fully saturated rings. The van der Waals surface area contributed by atoms with E-state index >= 15 is 0 Å². The average Bonchev–Trinajstić information content (AvgIpc) is 3.18. The van der Waals surface area contributed by atoms with E-state index in [4.69, 9.17) is 4.99 Å². The van der Waals surface area contributed by atoms with E-state index in [1.54, 1.807) is 0 Å². The van der Waals surface area contributed by atoms with E-state index in [1.807, 2.05) is 0 Å². The minimum absolute atomic E-state index is 0. The molecule has 1 unspecified atom stereocenters. The average molecular weight is 499 g/mol. The van der Waals surface area contributed by atoms with Gasteiger partial charge in [0.05, 0.1) is 0 Å². The number of halogens is 1. The molecule has 158 valence electrons. The van der Waals surface area contributed by atoms with Crippen LogP contribution in [0.2, 0.25) is 0 Å². The number of benzene rings is 1. The molecule has 0 bridgehead atoms. The first-order valence-electron chi connectivity index (χ1n) is 10.9. The normalized spacial score (nSPS) is 21.4. The number of hydrogen-bond donors (Lipinski definition) is 2. The molecule has 1 aromatic rings. The Morgan fingerprint density at radius 1 is 1.07 bits per heavy atom. The van der Waals surface area contributed by atoms with Crippen molar-refractivity contribution in [1.29, 1.82) is 0 Å². The largest absolute Gasteiger partial charge is 0.371 e. The summed E-state index contributed by atoms with van der Waals surface area (Å²) in [6.45, 7) is 12.1. The van der Waals surface area contributed by atoms with E-state index < -0.39 is 0 Å². The van der Waals surface area contributed by atoms with Gasteiger partial charge in [0, 0.05) is 51.0 Å². The van der Waals surface area contributed by atoms with Crippen LogP contribution in [0.4, 0.5) is 5.69 Å². The van der Waals surface area contributed by atoms with Crippen LogP contribution in [0.5, 0.6) is 0 Å². The lowest BCUT2D eigenvalue weighted by Crippen LogP contribution is -2.48. The Morgan fingerprint density at radius 3 is 2.50 bits per heavy atom. The Bertz CT molecular complexity index is 572. The number of guanidine groups is 1. The Hall–Kier alpha value is -1.02. The van der Waals surface area contributed by atoms with Crippen LogP contribution in [-0.2, 0) is 0 Å². The quantitative estimate of drug-likeness (QED) is 0.342. The summed E-state index contributed by atoms with van der Waals surface area (Å²) in [6.07, 6.45) is 4.92. The van der Waals surface area contributed by atoms with E-state index in [-0.39, 0.29) is 24.0 Å². The number of nitrogens with one attached hydrogen (secondary N) is 2. The highest BCUT2D eigenvalue weighted by Gasteiger charge is 2.23. The van der Waals surface area contributed by atoms with Gasteiger partial charge in [0.2, 0.25) is 0 Å². The topological polar surface area (TPSA) is 42.9 Å². The molecule has 2 saturated heterocycles. The summed E-state index contributed by atoms with van der Waals surface area (Å²) < 4.78 is 0. The van der Waals surface area contributed by atoms with E-state index in [0.717, 1.165) is 32.1 Å². The van der Waals surface area contributed by atoms with Gasteiger partial charge in [-0.1, -0.05) is 25.1 Å². The molecule has 1 atom stereocenters. The van der Waals surface area contributed by atoms with Crippen molar-refractivity contribution >= 4 is 35.6 Å². The predicted octanol–water partition coefficient (Wildman–Crippen LogP) is 3.56. The second-order valence-electron chi connectivity index (χ2n) is 7.92. The number of piperidine rings is 1. The molecule has 2 heterocycles. The number of likely N-dealkylation sites (tertiary alicyclic amines) is 1. The van der Waals surface area contributed by atoms with Crippen molar-refractivity contribution in [2.24, 2.45) is 10.9 Å². The van der Waals surface area contributed by atoms with Crippen molar-refractivity contribution in [1.82, 2.24) is 15.5 Å². The van der Waals surface area contributed by atoms with Gasteiger partial charge in [0.1, 0.15) is 0 Å². The first-order chi connectivity index (χ1) is 13.3. The summed E-state index contributed by atoms with van der Waals surface area (Å²) in [5.41, 5.74) is 1.34. The molecule has 1 aromatic carbocycles. The molecule has 5 nitrogen and oxygen atoms in total. The van der Waals surface area contributed by atoms with Crippen molar-refractivity contribution in [3.8, 4) is 0 Å². The highest BCUT2D eigenvalue weighted by Crippen LogP contribution is 2.23. The molecular formula is C22H38IN5. The number of aliphatic imine (C=N–C) groups is 1. The summed E-state index contributed by atoms with van der Waals surface area (Å²) in [6, 6.07) is 11.3. The van der Waals surface area contributed by atoms with Crippen LogP contribution in [0.1, 0.15) is 39.5 Å². The smallest absolute Gasteiger partial charge is 0.191 e. The van der Waals surface area contributed by atoms with Crippen molar-refractivity contribution in [2.75, 3.05) is 50.7 Å². The Labute approximate surface area is 188 Å². The first kappa shape index (κ1) is 23.3. The van der Waals surface area contributed by atoms with E-state index in [1.165, 1.54) is 51.0 Å². The minimum Gasteiger partial charge on any atom is -0.371 e. The fraction of sp³-hybridized carbons (Fsp3) is 0.682. The van der Waals surface area contributed by atoms with E-state index in [2.05, 4.69) is 64.6 Å². The van der Waals surface area contributed by atoms with Gasteiger partial charge in [-0.05, 0) is 57.2 Å². The van der Waals surface area contributed by atoms with Crippen LogP contribution < -0.4 is 15.5 Å². The van der Waals surface area contributed by atoms with Crippen LogP contribution in [0.25, 0.3) is 0 Å². The van der Waals surface area contributed by atoms with Crippen molar-refractivity contribution in [3.63, 3.8) is 0 Å². The maximum atomic E-state index is 4.93. The SMILES string of the molecule is CCCN1CCC(NC(=NCC2CCN(c3ccccc3)C2)NCC)CC1.I. The Morgan fingerprint density at radius 2 is 1.82 bits per heavy atom. The summed E-state index contributed by atoms with van der Waals surface area (Å²) >= 11 is 0. The van der Waals surface area contributed by atoms with Crippen molar-refractivity contribution in [3.05, 3.63) is 30.3 Å². The second-order valence-corrected chi connectivity index (χ2v) is 7.92. The second kappa shape index (κ2) is 12.5. The van der Waals surface area contributed by atoms with Gasteiger partial charge in [-0.25, -0.2) is 0 Å². The first-order valence-corrected chi connectivity index (χ1v) is 10.9. The zero-order chi connectivity index (χ0) is 18.9. The fourth-order valence-corrected chi connectivity index (χ4v) is 4.21. The third-order valence-electron chi connectivity index (χ3n) is 5.73. The molecule has 0 aliphatic carbocycles. The van der Waals surface area contributed by atoms with Crippen LogP contribution in [0.15, 0.2) is 35.3 Å². The Kier molecular flexibility index (Phi) is 10.4. The molecule has 0 saturated carbocycles. The third-order valence-corrected chi connectivity index (χ3v) is 5.73. The van der Waals surface area contributed by atoms with Gasteiger partial charge < -0.3 is 20.4 Å². The molecule has 0 aromatic heterocycles. The van der Waals surface area contributed by atoms with Crippen LogP contribution >= 0.6 is 24.0 Å². The van der Waals surface area contributed by atoms with Gasteiger partial charge in [0.25, 0.3) is 0 Å². The third kappa shape index (κ3) is 7.10. The maximum absolute atomic E-state index is 4.93. The van der Waals surface area contributed by atoms with Crippen LogP contribution in [-0.4, -0.2) is 62.7 Å². The van der Waals surface area contributed by atoms with Gasteiger partial charge in [-0.2, -0.15) is 0 Å². The van der Waals surface area contributed by atoms with Gasteiger partial charge in [-0.15, -0.1) is 24.0 Å². The molecule has 2 aliphatic heterocycles. The zero-order valence-electron chi connectivity index (χ0n) is 17.6. The van der Waals surface area contributed by atoms with Gasteiger partial charge in [0.15, 0.2) is 5.96 Å². The summed E-state index contributed by atoms with van der Waals surface area (Å²) in [7, 11) is 0. The fourth-order valence-electron chi connectivity index (χ4n) is 4.21. The highest BCUT2D eigenvalue weighted by atomic mass is 127. The molecule has 2 N–H and O–H groups in total. The minimum atomic E-state index is 0. The number of para-hydroxylation sites is 1. The molecule has 0 spiro atoms.